The van der Waals surface area contributed by atoms with Crippen LogP contribution in [0.5, 0.6) is 0 Å². The second kappa shape index (κ2) is 7.34. The minimum Gasteiger partial charge on any atom is -0.372 e. The lowest BCUT2D eigenvalue weighted by molar-refractivity contribution is -0.142. The maximum atomic E-state index is 13.2. The van der Waals surface area contributed by atoms with Crippen LogP contribution >= 0.6 is 0 Å². The quantitative estimate of drug-likeness (QED) is 0.696. The number of nitrogens with one attached hydrogen (secondary N) is 1. The summed E-state index contributed by atoms with van der Waals surface area (Å²) in [6.45, 7) is 0.464. The van der Waals surface area contributed by atoms with E-state index in [-0.39, 0.29) is 42.5 Å². The average Bonchev–Trinajstić information content (AvgIpc) is 3.22. The molecule has 0 radical (unpaired) electrons. The van der Waals surface area contributed by atoms with E-state index in [1.54, 1.807) is 19.0 Å². The van der Waals surface area contributed by atoms with Gasteiger partial charge in [-0.2, -0.15) is 23.4 Å². The molecule has 4 rings (SSSR count). The lowest BCUT2D eigenvalue weighted by Crippen LogP contribution is -2.44. The Morgan fingerprint density at radius 3 is 2.48 bits per heavy atom. The van der Waals surface area contributed by atoms with Crippen molar-refractivity contribution in [1.29, 1.82) is 0 Å². The Balaban J connectivity index is 1.50. The maximum absolute atomic E-state index is 13.2. The van der Waals surface area contributed by atoms with Gasteiger partial charge in [-0.15, -0.1) is 0 Å². The summed E-state index contributed by atoms with van der Waals surface area (Å²) in [4.78, 5) is 28.1. The van der Waals surface area contributed by atoms with Crippen LogP contribution in [0.4, 0.5) is 13.2 Å². The maximum Gasteiger partial charge on any atom is 0.435 e. The fourth-order valence-corrected chi connectivity index (χ4v) is 4.17. The minimum absolute atomic E-state index is 0.0325. The van der Waals surface area contributed by atoms with E-state index >= 15 is 0 Å². The van der Waals surface area contributed by atoms with Gasteiger partial charge in [-0.1, -0.05) is 0 Å². The standard InChI is InChI=1S/C18H22F3N7O3/c1-25-6-4-9-11(23-26(2)12(9)16(25)30)15(29)22-8-28-7-5-10-13(17(28)31)27(3)24-14(10)18(19,20)21/h17,31H,4-8H2,1-3H3,(H,22,29). The second-order valence-electron chi connectivity index (χ2n) is 7.71. The van der Waals surface area contributed by atoms with Crippen LogP contribution in [0, 0.1) is 0 Å². The first kappa shape index (κ1) is 21.3. The van der Waals surface area contributed by atoms with Gasteiger partial charge < -0.3 is 15.3 Å². The van der Waals surface area contributed by atoms with Gasteiger partial charge in [0.05, 0.1) is 12.4 Å². The molecular formula is C18H22F3N7O3. The molecule has 0 saturated heterocycles. The minimum atomic E-state index is -4.61. The summed E-state index contributed by atoms with van der Waals surface area (Å²) in [5.74, 6) is -0.737. The fourth-order valence-electron chi connectivity index (χ4n) is 4.17. The van der Waals surface area contributed by atoms with E-state index in [1.807, 2.05) is 0 Å². The molecule has 2 aromatic rings. The first-order valence-electron chi connectivity index (χ1n) is 9.65. The molecule has 0 saturated carbocycles. The van der Waals surface area contributed by atoms with Crippen molar-refractivity contribution in [3.63, 3.8) is 0 Å². The van der Waals surface area contributed by atoms with Crippen LogP contribution in [0.25, 0.3) is 0 Å². The molecule has 2 N–H and O–H groups in total. The van der Waals surface area contributed by atoms with Crippen LogP contribution in [-0.4, -0.2) is 73.1 Å². The third-order valence-corrected chi connectivity index (χ3v) is 5.75. The highest BCUT2D eigenvalue weighted by Crippen LogP contribution is 2.37. The van der Waals surface area contributed by atoms with Crippen molar-refractivity contribution < 1.29 is 27.9 Å². The van der Waals surface area contributed by atoms with Crippen molar-refractivity contribution >= 4 is 11.8 Å². The van der Waals surface area contributed by atoms with Crippen molar-refractivity contribution in [2.75, 3.05) is 26.8 Å². The summed E-state index contributed by atoms with van der Waals surface area (Å²) in [6.07, 6.45) is -5.44. The number of hydrogen-bond acceptors (Lipinski definition) is 6. The van der Waals surface area contributed by atoms with Gasteiger partial charge in [0, 0.05) is 45.4 Å². The number of carbonyl (C=O) groups excluding carboxylic acids is 2. The first-order chi connectivity index (χ1) is 14.5. The molecule has 1 atom stereocenters. The van der Waals surface area contributed by atoms with E-state index < -0.39 is 24.0 Å². The number of carbonyl (C=O) groups is 2. The van der Waals surface area contributed by atoms with Crippen molar-refractivity contribution in [3.05, 3.63) is 33.9 Å². The molecule has 0 aliphatic carbocycles. The van der Waals surface area contributed by atoms with Crippen LogP contribution in [0.3, 0.4) is 0 Å². The van der Waals surface area contributed by atoms with Gasteiger partial charge in [-0.25, -0.2) is 0 Å². The Labute approximate surface area is 175 Å². The number of fused-ring (bicyclic) bond motifs is 2. The molecular weight excluding hydrogens is 419 g/mol. The highest BCUT2D eigenvalue weighted by Gasteiger charge is 2.42. The van der Waals surface area contributed by atoms with Crippen LogP contribution in [0.15, 0.2) is 0 Å². The topological polar surface area (TPSA) is 109 Å². The zero-order valence-electron chi connectivity index (χ0n) is 17.2. The largest absolute Gasteiger partial charge is 0.435 e. The molecule has 31 heavy (non-hydrogen) atoms. The number of hydrogen-bond donors (Lipinski definition) is 2. The monoisotopic (exact) mass is 441 g/mol. The molecule has 2 aliphatic rings. The SMILES string of the molecule is CN1CCc2c(C(=O)NCN3CCc4c(C(F)(F)F)nn(C)c4C3O)nn(C)c2C1=O. The molecule has 2 aromatic heterocycles. The Morgan fingerprint density at radius 1 is 1.13 bits per heavy atom. The molecule has 0 spiro atoms. The van der Waals surface area contributed by atoms with Gasteiger partial charge in [0.2, 0.25) is 0 Å². The van der Waals surface area contributed by atoms with Crippen LogP contribution in [0.1, 0.15) is 49.7 Å². The van der Waals surface area contributed by atoms with E-state index in [1.165, 1.54) is 16.6 Å². The lowest BCUT2D eigenvalue weighted by Gasteiger charge is -2.32. The van der Waals surface area contributed by atoms with Crippen LogP contribution < -0.4 is 5.32 Å². The predicted molar refractivity (Wildman–Crippen MR) is 99.8 cm³/mol. The summed E-state index contributed by atoms with van der Waals surface area (Å²) < 4.78 is 41.9. The number of aliphatic hydroxyl groups excluding tert-OH is 1. The molecule has 168 valence electrons. The number of aliphatic hydroxyl groups is 1. The number of rotatable bonds is 3. The van der Waals surface area contributed by atoms with Crippen molar-refractivity contribution in [1.82, 2.24) is 34.7 Å². The molecule has 2 amide bonds. The number of halogens is 3. The fraction of sp³-hybridized carbons (Fsp3) is 0.556. The summed E-state index contributed by atoms with van der Waals surface area (Å²) in [6, 6.07) is 0. The van der Waals surface area contributed by atoms with Gasteiger partial charge in [-0.3, -0.25) is 23.9 Å². The number of aryl methyl sites for hydroxylation is 2. The van der Waals surface area contributed by atoms with Gasteiger partial charge in [-0.05, 0) is 12.8 Å². The molecule has 1 unspecified atom stereocenters. The van der Waals surface area contributed by atoms with E-state index in [0.29, 0.717) is 24.2 Å². The summed E-state index contributed by atoms with van der Waals surface area (Å²) in [5.41, 5.74) is 0.0684. The Morgan fingerprint density at radius 2 is 1.81 bits per heavy atom. The zero-order chi connectivity index (χ0) is 22.7. The molecule has 0 fully saturated rings. The highest BCUT2D eigenvalue weighted by atomic mass is 19.4. The molecule has 0 aromatic carbocycles. The third-order valence-electron chi connectivity index (χ3n) is 5.75. The number of amides is 2. The zero-order valence-corrected chi connectivity index (χ0v) is 17.2. The summed E-state index contributed by atoms with van der Waals surface area (Å²) in [5, 5.41) is 21.0. The third kappa shape index (κ3) is 3.47. The molecule has 0 bridgehead atoms. The van der Waals surface area contributed by atoms with E-state index in [4.69, 9.17) is 0 Å². The Bertz CT molecular complexity index is 1060. The van der Waals surface area contributed by atoms with Crippen molar-refractivity contribution in [2.45, 2.75) is 25.2 Å². The smallest absolute Gasteiger partial charge is 0.372 e. The van der Waals surface area contributed by atoms with Gasteiger partial charge in [0.1, 0.15) is 5.69 Å². The number of aromatic nitrogens is 4. The lowest BCUT2D eigenvalue weighted by atomic mass is 10.0. The van der Waals surface area contributed by atoms with Gasteiger partial charge >= 0.3 is 6.18 Å². The van der Waals surface area contributed by atoms with E-state index in [9.17, 15) is 27.9 Å². The Hall–Kier alpha value is -2.93. The van der Waals surface area contributed by atoms with Crippen LogP contribution in [-0.2, 0) is 33.1 Å². The summed E-state index contributed by atoms with van der Waals surface area (Å²) >= 11 is 0. The van der Waals surface area contributed by atoms with Crippen LogP contribution in [0.2, 0.25) is 0 Å². The summed E-state index contributed by atoms with van der Waals surface area (Å²) in [7, 11) is 4.60. The number of likely N-dealkylation sites (N-methyl/N-ethyl adjacent to an activating group) is 1. The Kier molecular flexibility index (Phi) is 5.04. The van der Waals surface area contributed by atoms with Crippen molar-refractivity contribution in [2.24, 2.45) is 14.1 Å². The highest BCUT2D eigenvalue weighted by molar-refractivity contribution is 6.01. The molecule has 10 nitrogen and oxygen atoms in total. The first-order valence-corrected chi connectivity index (χ1v) is 9.65. The molecule has 13 heteroatoms. The molecule has 2 aliphatic heterocycles. The normalized spacial score (nSPS) is 19.4. The number of alkyl halides is 3. The van der Waals surface area contributed by atoms with Crippen molar-refractivity contribution in [3.8, 4) is 0 Å². The van der Waals surface area contributed by atoms with Gasteiger partial charge in [0.25, 0.3) is 11.8 Å². The number of nitrogens with zero attached hydrogens (tertiary/aromatic N) is 6. The predicted octanol–water partition coefficient (Wildman–Crippen LogP) is 0.0370. The average molecular weight is 441 g/mol. The molecule has 4 heterocycles. The van der Waals surface area contributed by atoms with E-state index in [2.05, 4.69) is 15.5 Å². The van der Waals surface area contributed by atoms with Gasteiger partial charge in [0.15, 0.2) is 17.6 Å². The second-order valence-corrected chi connectivity index (χ2v) is 7.71. The van der Waals surface area contributed by atoms with E-state index in [0.717, 1.165) is 4.68 Å².